The van der Waals surface area contributed by atoms with E-state index in [0.717, 1.165) is 16.8 Å². The first-order chi connectivity index (χ1) is 8.04. The average molecular weight is 277 g/mol. The number of hydrogen-bond donors (Lipinski definition) is 0. The van der Waals surface area contributed by atoms with Crippen LogP contribution in [0.15, 0.2) is 18.2 Å². The van der Waals surface area contributed by atoms with E-state index in [-0.39, 0.29) is 21.6 Å². The molecule has 0 fully saturated rings. The molecule has 17 heavy (non-hydrogen) atoms. The molecule has 88 valence electrons. The van der Waals surface area contributed by atoms with Gasteiger partial charge in [0.1, 0.15) is 16.7 Å². The molecule has 0 amide bonds. The van der Waals surface area contributed by atoms with Gasteiger partial charge in [0, 0.05) is 6.07 Å². The molecule has 1 aromatic heterocycles. The molecule has 0 atom stereocenters. The van der Waals surface area contributed by atoms with Gasteiger partial charge in [0.25, 0.3) is 0 Å². The quantitative estimate of drug-likeness (QED) is 0.789. The van der Waals surface area contributed by atoms with Gasteiger partial charge in [0.05, 0.1) is 5.56 Å². The lowest BCUT2D eigenvalue weighted by Crippen LogP contribution is -2.00. The summed E-state index contributed by atoms with van der Waals surface area (Å²) in [6, 6.07) is 2.88. The predicted molar refractivity (Wildman–Crippen MR) is 58.9 cm³/mol. The Morgan fingerprint density at radius 3 is 2.53 bits per heavy atom. The number of hydrogen-bond acceptors (Lipinski definition) is 2. The van der Waals surface area contributed by atoms with Crippen molar-refractivity contribution < 1.29 is 13.6 Å². The van der Waals surface area contributed by atoms with Crippen LogP contribution in [-0.4, -0.2) is 16.1 Å². The van der Waals surface area contributed by atoms with Crippen molar-refractivity contribution in [2.24, 2.45) is 0 Å². The second-order valence-electron chi connectivity index (χ2n) is 3.12. The summed E-state index contributed by atoms with van der Waals surface area (Å²) >= 11 is 11.4. The molecule has 0 spiro atoms. The molecule has 2 aromatic rings. The van der Waals surface area contributed by atoms with Crippen LogP contribution in [0.2, 0.25) is 10.3 Å². The third-order valence-corrected chi connectivity index (χ3v) is 2.72. The highest BCUT2D eigenvalue weighted by Crippen LogP contribution is 2.26. The summed E-state index contributed by atoms with van der Waals surface area (Å²) in [6.45, 7) is 0. The third-order valence-electron chi connectivity index (χ3n) is 2.07. The lowest BCUT2D eigenvalue weighted by atomic mass is 10.3. The van der Waals surface area contributed by atoms with Crippen molar-refractivity contribution in [3.63, 3.8) is 0 Å². The molecule has 0 radical (unpaired) electrons. The van der Waals surface area contributed by atoms with Crippen LogP contribution in [-0.2, 0) is 0 Å². The van der Waals surface area contributed by atoms with Gasteiger partial charge in [-0.25, -0.2) is 13.5 Å². The van der Waals surface area contributed by atoms with E-state index in [1.165, 1.54) is 0 Å². The standard InChI is InChI=1S/C10H4Cl2F2N2O/c11-9-6(4-17)10(12)16(15-9)8-2-1-5(13)3-7(8)14/h1-4H. The van der Waals surface area contributed by atoms with Crippen molar-refractivity contribution in [1.29, 1.82) is 0 Å². The van der Waals surface area contributed by atoms with Crippen LogP contribution in [0, 0.1) is 11.6 Å². The highest BCUT2D eigenvalue weighted by molar-refractivity contribution is 6.37. The molecule has 7 heteroatoms. The van der Waals surface area contributed by atoms with Crippen molar-refractivity contribution in [2.75, 3.05) is 0 Å². The maximum atomic E-state index is 13.5. The number of aromatic nitrogens is 2. The molecule has 0 bridgehead atoms. The van der Waals surface area contributed by atoms with Gasteiger partial charge in [0.15, 0.2) is 17.3 Å². The van der Waals surface area contributed by atoms with Crippen LogP contribution in [0.1, 0.15) is 10.4 Å². The fraction of sp³-hybridized carbons (Fsp3) is 0. The van der Waals surface area contributed by atoms with Gasteiger partial charge in [-0.2, -0.15) is 5.10 Å². The van der Waals surface area contributed by atoms with E-state index in [2.05, 4.69) is 5.10 Å². The highest BCUT2D eigenvalue weighted by Gasteiger charge is 2.17. The van der Waals surface area contributed by atoms with Crippen molar-refractivity contribution in [3.05, 3.63) is 45.7 Å². The predicted octanol–water partition coefficient (Wildman–Crippen LogP) is 3.27. The van der Waals surface area contributed by atoms with Gasteiger partial charge in [-0.1, -0.05) is 23.2 Å². The first kappa shape index (κ1) is 12.0. The van der Waals surface area contributed by atoms with Gasteiger partial charge in [-0.3, -0.25) is 4.79 Å². The Morgan fingerprint density at radius 1 is 1.29 bits per heavy atom. The Bertz CT molecular complexity index is 598. The highest BCUT2D eigenvalue weighted by atomic mass is 35.5. The number of aldehydes is 1. The zero-order valence-corrected chi connectivity index (χ0v) is 9.64. The maximum absolute atomic E-state index is 13.5. The van der Waals surface area contributed by atoms with Crippen LogP contribution >= 0.6 is 23.2 Å². The Balaban J connectivity index is 2.65. The molecule has 0 aliphatic carbocycles. The molecular weight excluding hydrogens is 273 g/mol. The van der Waals surface area contributed by atoms with Crippen LogP contribution in [0.4, 0.5) is 8.78 Å². The van der Waals surface area contributed by atoms with E-state index in [0.29, 0.717) is 12.4 Å². The summed E-state index contributed by atoms with van der Waals surface area (Å²) in [6.07, 6.45) is 0.412. The monoisotopic (exact) mass is 276 g/mol. The van der Waals surface area contributed by atoms with Crippen LogP contribution < -0.4 is 0 Å². The zero-order valence-electron chi connectivity index (χ0n) is 8.12. The smallest absolute Gasteiger partial charge is 0.163 e. The van der Waals surface area contributed by atoms with Crippen LogP contribution in [0.5, 0.6) is 0 Å². The van der Waals surface area contributed by atoms with E-state index in [4.69, 9.17) is 23.2 Å². The van der Waals surface area contributed by atoms with Crippen molar-refractivity contribution in [2.45, 2.75) is 0 Å². The normalized spacial score (nSPS) is 10.6. The Morgan fingerprint density at radius 2 is 2.00 bits per heavy atom. The van der Waals surface area contributed by atoms with E-state index in [9.17, 15) is 13.6 Å². The fourth-order valence-corrected chi connectivity index (χ4v) is 1.82. The van der Waals surface area contributed by atoms with E-state index >= 15 is 0 Å². The van der Waals surface area contributed by atoms with Crippen LogP contribution in [0.25, 0.3) is 5.69 Å². The molecule has 0 saturated heterocycles. The minimum absolute atomic E-state index is 0.0444. The Hall–Kier alpha value is -1.46. The zero-order chi connectivity index (χ0) is 12.6. The van der Waals surface area contributed by atoms with Gasteiger partial charge in [-0.15, -0.1) is 0 Å². The summed E-state index contributed by atoms with van der Waals surface area (Å²) in [7, 11) is 0. The SMILES string of the molecule is O=Cc1c(Cl)nn(-c2ccc(F)cc2F)c1Cl. The number of carbonyl (C=O) groups is 1. The number of rotatable bonds is 2. The molecular formula is C10H4Cl2F2N2O. The van der Waals surface area contributed by atoms with Gasteiger partial charge < -0.3 is 0 Å². The summed E-state index contributed by atoms with van der Waals surface area (Å²) < 4.78 is 27.1. The maximum Gasteiger partial charge on any atom is 0.163 e. The van der Waals surface area contributed by atoms with Gasteiger partial charge in [-0.05, 0) is 12.1 Å². The summed E-state index contributed by atoms with van der Waals surface area (Å²) in [5.74, 6) is -1.58. The first-order valence-electron chi connectivity index (χ1n) is 4.39. The second-order valence-corrected chi connectivity index (χ2v) is 3.84. The van der Waals surface area contributed by atoms with Crippen LogP contribution in [0.3, 0.4) is 0 Å². The molecule has 1 aromatic carbocycles. The minimum Gasteiger partial charge on any atom is -0.298 e. The summed E-state index contributed by atoms with van der Waals surface area (Å²) in [5.41, 5.74) is -0.136. The molecule has 2 rings (SSSR count). The molecule has 0 unspecified atom stereocenters. The number of nitrogens with zero attached hydrogens (tertiary/aromatic N) is 2. The van der Waals surface area contributed by atoms with Gasteiger partial charge >= 0.3 is 0 Å². The molecule has 0 aliphatic heterocycles. The fourth-order valence-electron chi connectivity index (χ4n) is 1.29. The molecule has 0 aliphatic rings. The second kappa shape index (κ2) is 4.43. The third kappa shape index (κ3) is 2.03. The van der Waals surface area contributed by atoms with E-state index < -0.39 is 11.6 Å². The number of halogens is 4. The van der Waals surface area contributed by atoms with E-state index in [1.807, 2.05) is 0 Å². The largest absolute Gasteiger partial charge is 0.298 e. The summed E-state index contributed by atoms with van der Waals surface area (Å²) in [4.78, 5) is 10.7. The van der Waals surface area contributed by atoms with Crippen molar-refractivity contribution in [3.8, 4) is 5.69 Å². The molecule has 0 N–H and O–H groups in total. The van der Waals surface area contributed by atoms with Gasteiger partial charge in [0.2, 0.25) is 0 Å². The average Bonchev–Trinajstić information content (AvgIpc) is 2.54. The Labute approximate surface area is 105 Å². The number of benzene rings is 1. The lowest BCUT2D eigenvalue weighted by Gasteiger charge is -2.04. The van der Waals surface area contributed by atoms with E-state index in [1.54, 1.807) is 0 Å². The molecule has 1 heterocycles. The molecule has 3 nitrogen and oxygen atoms in total. The van der Waals surface area contributed by atoms with Crippen molar-refractivity contribution >= 4 is 29.5 Å². The number of carbonyl (C=O) groups excluding carboxylic acids is 1. The topological polar surface area (TPSA) is 34.9 Å². The first-order valence-corrected chi connectivity index (χ1v) is 5.15. The Kier molecular flexibility index (Phi) is 3.13. The lowest BCUT2D eigenvalue weighted by molar-refractivity contribution is 0.112. The minimum atomic E-state index is -0.858. The summed E-state index contributed by atoms with van der Waals surface area (Å²) in [5, 5.41) is 3.42. The van der Waals surface area contributed by atoms with Crippen molar-refractivity contribution in [1.82, 2.24) is 9.78 Å². The molecule has 0 saturated carbocycles.